The SMILES string of the molecule is Oc1ccc(-c2cc3nc(CN4CCCCC4)oc3c3ccccc23)cc1. The normalized spacial score (nSPS) is 15.6. The van der Waals surface area contributed by atoms with Gasteiger partial charge in [-0.25, -0.2) is 4.98 Å². The molecule has 5 rings (SSSR count). The predicted molar refractivity (Wildman–Crippen MR) is 108 cm³/mol. The molecule has 4 nitrogen and oxygen atoms in total. The van der Waals surface area contributed by atoms with Gasteiger partial charge in [0.05, 0.1) is 6.54 Å². The van der Waals surface area contributed by atoms with Crippen LogP contribution >= 0.6 is 0 Å². The Morgan fingerprint density at radius 2 is 1.67 bits per heavy atom. The van der Waals surface area contributed by atoms with Gasteiger partial charge in [0.25, 0.3) is 0 Å². The van der Waals surface area contributed by atoms with Crippen molar-refractivity contribution in [1.29, 1.82) is 0 Å². The average molecular weight is 358 g/mol. The molecule has 1 aromatic heterocycles. The first-order valence-electron chi connectivity index (χ1n) is 9.61. The third-order valence-electron chi connectivity index (χ3n) is 5.43. The maximum Gasteiger partial charge on any atom is 0.209 e. The number of nitrogens with zero attached hydrogens (tertiary/aromatic N) is 2. The first-order chi connectivity index (χ1) is 13.3. The Kier molecular flexibility index (Phi) is 4.06. The summed E-state index contributed by atoms with van der Waals surface area (Å²) >= 11 is 0. The van der Waals surface area contributed by atoms with Gasteiger partial charge in [0.15, 0.2) is 5.58 Å². The van der Waals surface area contributed by atoms with Crippen molar-refractivity contribution in [1.82, 2.24) is 9.88 Å². The number of hydrogen-bond donors (Lipinski definition) is 1. The first-order valence-corrected chi connectivity index (χ1v) is 9.61. The molecule has 3 aromatic carbocycles. The second-order valence-electron chi connectivity index (χ2n) is 7.31. The quantitative estimate of drug-likeness (QED) is 0.537. The molecule has 0 unspecified atom stereocenters. The van der Waals surface area contributed by atoms with Crippen LogP contribution in [0.4, 0.5) is 0 Å². The average Bonchev–Trinajstić information content (AvgIpc) is 3.11. The lowest BCUT2D eigenvalue weighted by Crippen LogP contribution is -2.29. The van der Waals surface area contributed by atoms with Crippen molar-refractivity contribution in [2.24, 2.45) is 0 Å². The van der Waals surface area contributed by atoms with E-state index in [2.05, 4.69) is 23.1 Å². The van der Waals surface area contributed by atoms with Crippen LogP contribution in [-0.2, 0) is 6.54 Å². The number of hydrogen-bond acceptors (Lipinski definition) is 4. The second-order valence-corrected chi connectivity index (χ2v) is 7.31. The highest BCUT2D eigenvalue weighted by Crippen LogP contribution is 2.35. The maximum atomic E-state index is 9.62. The summed E-state index contributed by atoms with van der Waals surface area (Å²) in [6, 6.07) is 17.7. The van der Waals surface area contributed by atoms with Crippen molar-refractivity contribution >= 4 is 21.9 Å². The molecular formula is C23H22N2O2. The zero-order valence-electron chi connectivity index (χ0n) is 15.2. The van der Waals surface area contributed by atoms with Crippen LogP contribution in [0.5, 0.6) is 5.75 Å². The van der Waals surface area contributed by atoms with Gasteiger partial charge in [-0.05, 0) is 60.6 Å². The molecule has 0 amide bonds. The highest BCUT2D eigenvalue weighted by Gasteiger charge is 2.17. The molecule has 27 heavy (non-hydrogen) atoms. The summed E-state index contributed by atoms with van der Waals surface area (Å²) in [5, 5.41) is 11.8. The fourth-order valence-corrected chi connectivity index (χ4v) is 4.06. The number of aromatic hydroxyl groups is 1. The lowest BCUT2D eigenvalue weighted by molar-refractivity contribution is 0.203. The first kappa shape index (κ1) is 16.3. The van der Waals surface area contributed by atoms with Crippen molar-refractivity contribution in [3.05, 3.63) is 60.5 Å². The van der Waals surface area contributed by atoms with Crippen molar-refractivity contribution in [2.75, 3.05) is 13.1 Å². The van der Waals surface area contributed by atoms with Gasteiger partial charge in [-0.3, -0.25) is 4.90 Å². The van der Waals surface area contributed by atoms with Gasteiger partial charge in [-0.15, -0.1) is 0 Å². The van der Waals surface area contributed by atoms with Crippen LogP contribution in [0.2, 0.25) is 0 Å². The van der Waals surface area contributed by atoms with E-state index in [1.807, 2.05) is 24.3 Å². The topological polar surface area (TPSA) is 49.5 Å². The van der Waals surface area contributed by atoms with Crippen molar-refractivity contribution in [3.8, 4) is 16.9 Å². The molecule has 2 heterocycles. The van der Waals surface area contributed by atoms with E-state index in [-0.39, 0.29) is 5.75 Å². The van der Waals surface area contributed by atoms with E-state index in [9.17, 15) is 5.11 Å². The summed E-state index contributed by atoms with van der Waals surface area (Å²) in [6.45, 7) is 3.02. The van der Waals surface area contributed by atoms with Gasteiger partial charge < -0.3 is 9.52 Å². The summed E-state index contributed by atoms with van der Waals surface area (Å²) in [7, 11) is 0. The highest BCUT2D eigenvalue weighted by atomic mass is 16.3. The molecule has 0 aliphatic carbocycles. The lowest BCUT2D eigenvalue weighted by atomic mass is 9.97. The molecule has 0 atom stereocenters. The minimum atomic E-state index is 0.273. The van der Waals surface area contributed by atoms with Gasteiger partial charge in [0, 0.05) is 5.39 Å². The molecule has 136 valence electrons. The largest absolute Gasteiger partial charge is 0.508 e. The third kappa shape index (κ3) is 3.06. The predicted octanol–water partition coefficient (Wildman–Crippen LogP) is 5.34. The van der Waals surface area contributed by atoms with Crippen LogP contribution in [-0.4, -0.2) is 28.1 Å². The maximum absolute atomic E-state index is 9.62. The van der Waals surface area contributed by atoms with Crippen molar-refractivity contribution < 1.29 is 9.52 Å². The summed E-state index contributed by atoms with van der Waals surface area (Å²) in [5.41, 5.74) is 3.92. The van der Waals surface area contributed by atoms with Gasteiger partial charge in [-0.1, -0.05) is 42.8 Å². The van der Waals surface area contributed by atoms with E-state index in [4.69, 9.17) is 9.40 Å². The van der Waals surface area contributed by atoms with Crippen LogP contribution in [0.25, 0.3) is 33.0 Å². The third-order valence-corrected chi connectivity index (χ3v) is 5.43. The number of benzene rings is 3. The fourth-order valence-electron chi connectivity index (χ4n) is 4.06. The standard InChI is InChI=1S/C23H22N2O2/c26-17-10-8-16(9-11-17)20-14-21-23(19-7-3-2-6-18(19)20)27-22(24-21)15-25-12-4-1-5-13-25/h2-3,6-11,14,26H,1,4-5,12-13,15H2. The molecule has 0 bridgehead atoms. The number of phenolic OH excluding ortho intramolecular Hbond substituents is 1. The molecule has 4 heteroatoms. The number of rotatable bonds is 3. The molecular weight excluding hydrogens is 336 g/mol. The summed E-state index contributed by atoms with van der Waals surface area (Å²) < 4.78 is 6.20. The Balaban J connectivity index is 1.63. The highest BCUT2D eigenvalue weighted by molar-refractivity contribution is 6.10. The molecule has 0 spiro atoms. The number of piperidine rings is 1. The van der Waals surface area contributed by atoms with E-state index in [0.29, 0.717) is 0 Å². The lowest BCUT2D eigenvalue weighted by Gasteiger charge is -2.24. The fraction of sp³-hybridized carbons (Fsp3) is 0.261. The van der Waals surface area contributed by atoms with E-state index < -0.39 is 0 Å². The number of aromatic nitrogens is 1. The van der Waals surface area contributed by atoms with Crippen molar-refractivity contribution in [3.63, 3.8) is 0 Å². The Labute approximate surface area is 158 Å². The van der Waals surface area contributed by atoms with Crippen LogP contribution in [0.3, 0.4) is 0 Å². The number of likely N-dealkylation sites (tertiary alicyclic amines) is 1. The smallest absolute Gasteiger partial charge is 0.209 e. The van der Waals surface area contributed by atoms with E-state index in [1.165, 1.54) is 19.3 Å². The number of fused-ring (bicyclic) bond motifs is 3. The molecule has 1 saturated heterocycles. The zero-order valence-corrected chi connectivity index (χ0v) is 15.2. The molecule has 0 radical (unpaired) electrons. The monoisotopic (exact) mass is 358 g/mol. The summed E-state index contributed by atoms with van der Waals surface area (Å²) in [5.74, 6) is 1.06. The minimum absolute atomic E-state index is 0.273. The number of oxazole rings is 1. The van der Waals surface area contributed by atoms with Crippen LogP contribution < -0.4 is 0 Å². The van der Waals surface area contributed by atoms with Gasteiger partial charge >= 0.3 is 0 Å². The molecule has 1 fully saturated rings. The molecule has 1 aliphatic heterocycles. The Bertz CT molecular complexity index is 1090. The van der Waals surface area contributed by atoms with Crippen LogP contribution in [0.15, 0.2) is 59.0 Å². The van der Waals surface area contributed by atoms with Gasteiger partial charge in [-0.2, -0.15) is 0 Å². The van der Waals surface area contributed by atoms with E-state index >= 15 is 0 Å². The van der Waals surface area contributed by atoms with E-state index in [1.54, 1.807) is 12.1 Å². The van der Waals surface area contributed by atoms with Crippen molar-refractivity contribution in [2.45, 2.75) is 25.8 Å². The summed E-state index contributed by atoms with van der Waals surface area (Å²) in [6.07, 6.45) is 3.84. The van der Waals surface area contributed by atoms with Crippen LogP contribution in [0.1, 0.15) is 25.2 Å². The van der Waals surface area contributed by atoms with Gasteiger partial charge in [0.2, 0.25) is 5.89 Å². The Morgan fingerprint density at radius 1 is 0.926 bits per heavy atom. The van der Waals surface area contributed by atoms with Crippen LogP contribution in [0, 0.1) is 0 Å². The molecule has 0 saturated carbocycles. The minimum Gasteiger partial charge on any atom is -0.508 e. The number of phenols is 1. The molecule has 4 aromatic rings. The second kappa shape index (κ2) is 6.71. The summed E-state index contributed by atoms with van der Waals surface area (Å²) in [4.78, 5) is 7.23. The Hall–Kier alpha value is -2.85. The molecule has 1 aliphatic rings. The zero-order chi connectivity index (χ0) is 18.2. The van der Waals surface area contributed by atoms with E-state index in [0.717, 1.165) is 58.5 Å². The van der Waals surface area contributed by atoms with Gasteiger partial charge in [0.1, 0.15) is 11.3 Å². The Morgan fingerprint density at radius 3 is 2.44 bits per heavy atom. The molecule has 1 N–H and O–H groups in total.